The van der Waals surface area contributed by atoms with E-state index in [2.05, 4.69) is 19.2 Å². The first-order chi connectivity index (χ1) is 11.5. The molecule has 2 heterocycles. The first-order valence-corrected chi connectivity index (χ1v) is 8.50. The van der Waals surface area contributed by atoms with Crippen molar-refractivity contribution in [3.8, 4) is 5.75 Å². The first-order valence-electron chi connectivity index (χ1n) is 8.50. The molecule has 2 saturated heterocycles. The quantitative estimate of drug-likeness (QED) is 0.906. The van der Waals surface area contributed by atoms with E-state index in [0.717, 1.165) is 12.2 Å². The van der Waals surface area contributed by atoms with Gasteiger partial charge in [0.2, 0.25) is 11.8 Å². The number of nitrogens with one attached hydrogen (secondary N) is 1. The SMILES string of the molecule is COc1ccccc1N1CC(C(=O)N2CCNC(C)C2C)CC1=O. The van der Waals surface area contributed by atoms with Crippen molar-refractivity contribution in [1.29, 1.82) is 0 Å². The number of benzene rings is 1. The molecule has 0 aliphatic carbocycles. The lowest BCUT2D eigenvalue weighted by Gasteiger charge is -2.39. The molecule has 2 aliphatic rings. The summed E-state index contributed by atoms with van der Waals surface area (Å²) in [7, 11) is 1.59. The average molecular weight is 331 g/mol. The lowest BCUT2D eigenvalue weighted by Crippen LogP contribution is -2.58. The molecular formula is C18H25N3O3. The highest BCUT2D eigenvalue weighted by atomic mass is 16.5. The van der Waals surface area contributed by atoms with Gasteiger partial charge in [0, 0.05) is 38.1 Å². The summed E-state index contributed by atoms with van der Waals surface area (Å²) in [5, 5.41) is 3.38. The Morgan fingerprint density at radius 2 is 2.04 bits per heavy atom. The van der Waals surface area contributed by atoms with Gasteiger partial charge in [-0.25, -0.2) is 0 Å². The van der Waals surface area contributed by atoms with Crippen LogP contribution in [0.4, 0.5) is 5.69 Å². The van der Waals surface area contributed by atoms with Crippen molar-refractivity contribution in [3.05, 3.63) is 24.3 Å². The van der Waals surface area contributed by atoms with Gasteiger partial charge < -0.3 is 19.9 Å². The van der Waals surface area contributed by atoms with Gasteiger partial charge in [0.05, 0.1) is 18.7 Å². The molecule has 0 spiro atoms. The van der Waals surface area contributed by atoms with Gasteiger partial charge in [-0.3, -0.25) is 9.59 Å². The van der Waals surface area contributed by atoms with E-state index in [9.17, 15) is 9.59 Å². The average Bonchev–Trinajstić information content (AvgIpc) is 2.98. The molecule has 1 aromatic rings. The van der Waals surface area contributed by atoms with E-state index in [1.807, 2.05) is 29.2 Å². The van der Waals surface area contributed by atoms with Crippen molar-refractivity contribution in [2.24, 2.45) is 5.92 Å². The van der Waals surface area contributed by atoms with Crippen molar-refractivity contribution >= 4 is 17.5 Å². The Balaban J connectivity index is 1.76. The van der Waals surface area contributed by atoms with Gasteiger partial charge in [-0.05, 0) is 26.0 Å². The summed E-state index contributed by atoms with van der Waals surface area (Å²) in [6.45, 7) is 6.06. The number of para-hydroxylation sites is 2. The number of ether oxygens (including phenoxy) is 1. The Morgan fingerprint density at radius 3 is 2.79 bits per heavy atom. The van der Waals surface area contributed by atoms with E-state index < -0.39 is 0 Å². The maximum atomic E-state index is 12.9. The third-order valence-corrected chi connectivity index (χ3v) is 5.17. The number of amides is 2. The van der Waals surface area contributed by atoms with Gasteiger partial charge in [0.25, 0.3) is 0 Å². The summed E-state index contributed by atoms with van der Waals surface area (Å²) in [5.41, 5.74) is 0.738. The van der Waals surface area contributed by atoms with Crippen molar-refractivity contribution in [2.45, 2.75) is 32.4 Å². The van der Waals surface area contributed by atoms with Crippen molar-refractivity contribution < 1.29 is 14.3 Å². The van der Waals surface area contributed by atoms with Crippen molar-refractivity contribution in [3.63, 3.8) is 0 Å². The maximum absolute atomic E-state index is 12.9. The molecule has 1 N–H and O–H groups in total. The van der Waals surface area contributed by atoms with E-state index in [1.165, 1.54) is 0 Å². The molecule has 0 saturated carbocycles. The Morgan fingerprint density at radius 1 is 1.29 bits per heavy atom. The minimum atomic E-state index is -0.282. The molecule has 130 valence electrons. The van der Waals surface area contributed by atoms with E-state index in [1.54, 1.807) is 12.0 Å². The lowest BCUT2D eigenvalue weighted by atomic mass is 10.0. The molecule has 0 radical (unpaired) electrons. The normalized spacial score (nSPS) is 27.5. The highest BCUT2D eigenvalue weighted by Crippen LogP contribution is 2.33. The summed E-state index contributed by atoms with van der Waals surface area (Å²) in [6.07, 6.45) is 0.266. The summed E-state index contributed by atoms with van der Waals surface area (Å²) < 4.78 is 5.35. The van der Waals surface area contributed by atoms with Crippen LogP contribution in [0.15, 0.2) is 24.3 Å². The Kier molecular flexibility index (Phi) is 4.76. The van der Waals surface area contributed by atoms with Crippen molar-refractivity contribution in [2.75, 3.05) is 31.6 Å². The van der Waals surface area contributed by atoms with Gasteiger partial charge in [-0.2, -0.15) is 0 Å². The predicted molar refractivity (Wildman–Crippen MR) is 92.1 cm³/mol. The summed E-state index contributed by atoms with van der Waals surface area (Å²) >= 11 is 0. The fraction of sp³-hybridized carbons (Fsp3) is 0.556. The zero-order valence-corrected chi connectivity index (χ0v) is 14.5. The van der Waals surface area contributed by atoms with Crippen LogP contribution in [0.2, 0.25) is 0 Å². The number of hydrogen-bond acceptors (Lipinski definition) is 4. The van der Waals surface area contributed by atoms with E-state index in [0.29, 0.717) is 18.8 Å². The number of hydrogen-bond donors (Lipinski definition) is 1. The molecule has 6 nitrogen and oxygen atoms in total. The molecule has 6 heteroatoms. The van der Waals surface area contributed by atoms with Gasteiger partial charge in [-0.1, -0.05) is 12.1 Å². The van der Waals surface area contributed by atoms with Gasteiger partial charge in [0.15, 0.2) is 0 Å². The maximum Gasteiger partial charge on any atom is 0.228 e. The Hall–Kier alpha value is -2.08. The van der Waals surface area contributed by atoms with Gasteiger partial charge >= 0.3 is 0 Å². The van der Waals surface area contributed by atoms with E-state index in [4.69, 9.17) is 4.74 Å². The standard InChI is InChI=1S/C18H25N3O3/c1-12-13(2)20(9-8-19-12)18(23)14-10-17(22)21(11-14)15-6-4-5-7-16(15)24-3/h4-7,12-14,19H,8-11H2,1-3H3. The largest absolute Gasteiger partial charge is 0.495 e. The summed E-state index contributed by atoms with van der Waals surface area (Å²) in [6, 6.07) is 7.85. The topological polar surface area (TPSA) is 61.9 Å². The van der Waals surface area contributed by atoms with Crippen LogP contribution in [-0.4, -0.2) is 55.5 Å². The zero-order valence-electron chi connectivity index (χ0n) is 14.5. The van der Waals surface area contributed by atoms with Crippen LogP contribution in [0.1, 0.15) is 20.3 Å². The second-order valence-electron chi connectivity index (χ2n) is 6.59. The molecule has 0 bridgehead atoms. The van der Waals surface area contributed by atoms with Crippen LogP contribution in [0, 0.1) is 5.92 Å². The number of piperazine rings is 1. The molecule has 3 unspecified atom stereocenters. The molecular weight excluding hydrogens is 306 g/mol. The highest BCUT2D eigenvalue weighted by Gasteiger charge is 2.40. The van der Waals surface area contributed by atoms with E-state index in [-0.39, 0.29) is 36.2 Å². The third-order valence-electron chi connectivity index (χ3n) is 5.17. The second-order valence-corrected chi connectivity index (χ2v) is 6.59. The smallest absolute Gasteiger partial charge is 0.228 e. The molecule has 2 amide bonds. The minimum absolute atomic E-state index is 0.0197. The number of anilines is 1. The fourth-order valence-electron chi connectivity index (χ4n) is 3.56. The fourth-order valence-corrected chi connectivity index (χ4v) is 3.56. The van der Waals surface area contributed by atoms with Crippen molar-refractivity contribution in [1.82, 2.24) is 10.2 Å². The molecule has 3 rings (SSSR count). The predicted octanol–water partition coefficient (Wildman–Crippen LogP) is 1.26. The molecule has 2 fully saturated rings. The first kappa shape index (κ1) is 16.8. The molecule has 2 aliphatic heterocycles. The van der Waals surface area contributed by atoms with E-state index >= 15 is 0 Å². The van der Waals surface area contributed by atoms with Gasteiger partial charge in [-0.15, -0.1) is 0 Å². The summed E-state index contributed by atoms with van der Waals surface area (Å²) in [4.78, 5) is 29.0. The third kappa shape index (κ3) is 2.98. The summed E-state index contributed by atoms with van der Waals surface area (Å²) in [5.74, 6) is 0.438. The monoisotopic (exact) mass is 331 g/mol. The number of methoxy groups -OCH3 is 1. The number of carbonyl (C=O) groups is 2. The second kappa shape index (κ2) is 6.81. The van der Waals surface area contributed by atoms with Crippen LogP contribution < -0.4 is 15.0 Å². The van der Waals surface area contributed by atoms with Crippen LogP contribution >= 0.6 is 0 Å². The zero-order chi connectivity index (χ0) is 17.3. The number of nitrogens with zero attached hydrogens (tertiary/aromatic N) is 2. The lowest BCUT2D eigenvalue weighted by molar-refractivity contribution is -0.139. The Labute approximate surface area is 142 Å². The number of carbonyl (C=O) groups excluding carboxylic acids is 2. The van der Waals surface area contributed by atoms with Crippen LogP contribution in [0.5, 0.6) is 5.75 Å². The Bertz CT molecular complexity index is 634. The molecule has 3 atom stereocenters. The number of rotatable bonds is 3. The molecule has 1 aromatic carbocycles. The van der Waals surface area contributed by atoms with Crippen LogP contribution in [0.25, 0.3) is 0 Å². The van der Waals surface area contributed by atoms with Crippen LogP contribution in [0.3, 0.4) is 0 Å². The molecule has 0 aromatic heterocycles. The highest BCUT2D eigenvalue weighted by molar-refractivity contribution is 6.01. The van der Waals surface area contributed by atoms with Crippen LogP contribution in [-0.2, 0) is 9.59 Å². The minimum Gasteiger partial charge on any atom is -0.495 e. The molecule has 24 heavy (non-hydrogen) atoms. The van der Waals surface area contributed by atoms with Gasteiger partial charge in [0.1, 0.15) is 5.75 Å².